The Morgan fingerprint density at radius 3 is 2.58 bits per heavy atom. The number of aryl methyl sites for hydroxylation is 1. The van der Waals surface area contributed by atoms with Crippen molar-refractivity contribution in [3.05, 3.63) is 65.2 Å². The molecule has 2 N–H and O–H groups in total. The van der Waals surface area contributed by atoms with Gasteiger partial charge in [-0.25, -0.2) is 4.79 Å². The molecule has 0 unspecified atom stereocenters. The van der Waals surface area contributed by atoms with Crippen LogP contribution < -0.4 is 10.1 Å². The van der Waals surface area contributed by atoms with Crippen LogP contribution in [-0.2, 0) is 11.2 Å². The van der Waals surface area contributed by atoms with E-state index >= 15 is 0 Å². The summed E-state index contributed by atoms with van der Waals surface area (Å²) in [4.78, 5) is 22.8. The predicted octanol–water partition coefficient (Wildman–Crippen LogP) is 2.82. The van der Waals surface area contributed by atoms with Gasteiger partial charge in [-0.3, -0.25) is 4.79 Å². The lowest BCUT2D eigenvalue weighted by atomic mass is 10.1. The van der Waals surface area contributed by atoms with Crippen LogP contribution in [0.2, 0.25) is 0 Å². The fourth-order valence-electron chi connectivity index (χ4n) is 2.19. The standard InChI is InChI=1S/C19H21NO4/c1-14-6-8-17(9-7-14)24-11-3-10-20-18(21)13-15-4-2-5-16(12-15)19(22)23/h2,4-9,12H,3,10-11,13H2,1H3,(H,20,21)(H,22,23). The lowest BCUT2D eigenvalue weighted by Crippen LogP contribution is -2.27. The van der Waals surface area contributed by atoms with Gasteiger partial charge in [0, 0.05) is 6.54 Å². The number of rotatable bonds is 8. The molecular weight excluding hydrogens is 306 g/mol. The van der Waals surface area contributed by atoms with Crippen molar-refractivity contribution in [2.24, 2.45) is 0 Å². The highest BCUT2D eigenvalue weighted by atomic mass is 16.5. The van der Waals surface area contributed by atoms with E-state index in [0.717, 1.165) is 5.75 Å². The van der Waals surface area contributed by atoms with Crippen molar-refractivity contribution >= 4 is 11.9 Å². The first kappa shape index (κ1) is 17.5. The zero-order valence-corrected chi connectivity index (χ0v) is 13.6. The van der Waals surface area contributed by atoms with Crippen LogP contribution >= 0.6 is 0 Å². The topological polar surface area (TPSA) is 75.6 Å². The molecule has 24 heavy (non-hydrogen) atoms. The van der Waals surface area contributed by atoms with Crippen LogP contribution in [0.1, 0.15) is 27.9 Å². The van der Waals surface area contributed by atoms with Crippen molar-refractivity contribution in [3.63, 3.8) is 0 Å². The minimum Gasteiger partial charge on any atom is -0.494 e. The lowest BCUT2D eigenvalue weighted by Gasteiger charge is -2.08. The van der Waals surface area contributed by atoms with Gasteiger partial charge >= 0.3 is 5.97 Å². The highest BCUT2D eigenvalue weighted by Crippen LogP contribution is 2.11. The molecule has 0 aromatic heterocycles. The van der Waals surface area contributed by atoms with E-state index in [1.807, 2.05) is 31.2 Å². The largest absolute Gasteiger partial charge is 0.494 e. The van der Waals surface area contributed by atoms with Crippen LogP contribution in [0.3, 0.4) is 0 Å². The number of benzene rings is 2. The summed E-state index contributed by atoms with van der Waals surface area (Å²) in [6.07, 6.45) is 0.870. The molecule has 0 aliphatic rings. The maximum absolute atomic E-state index is 11.9. The third-order valence-corrected chi connectivity index (χ3v) is 3.47. The van der Waals surface area contributed by atoms with Crippen LogP contribution in [0.4, 0.5) is 0 Å². The Hall–Kier alpha value is -2.82. The van der Waals surface area contributed by atoms with Gasteiger partial charge in [-0.05, 0) is 43.2 Å². The van der Waals surface area contributed by atoms with Crippen molar-refractivity contribution in [1.82, 2.24) is 5.32 Å². The summed E-state index contributed by atoms with van der Waals surface area (Å²) >= 11 is 0. The Balaban J connectivity index is 1.67. The van der Waals surface area contributed by atoms with E-state index in [9.17, 15) is 9.59 Å². The van der Waals surface area contributed by atoms with Crippen molar-refractivity contribution < 1.29 is 19.4 Å². The average molecular weight is 327 g/mol. The van der Waals surface area contributed by atoms with E-state index in [2.05, 4.69) is 5.32 Å². The van der Waals surface area contributed by atoms with E-state index < -0.39 is 5.97 Å². The smallest absolute Gasteiger partial charge is 0.335 e. The SMILES string of the molecule is Cc1ccc(OCCCNC(=O)Cc2cccc(C(=O)O)c2)cc1. The third kappa shape index (κ3) is 5.76. The van der Waals surface area contributed by atoms with Gasteiger partial charge in [0.25, 0.3) is 0 Å². The Bertz CT molecular complexity index is 695. The number of carbonyl (C=O) groups excluding carboxylic acids is 1. The number of amides is 1. The molecule has 0 saturated heterocycles. The highest BCUT2D eigenvalue weighted by molar-refractivity contribution is 5.88. The van der Waals surface area contributed by atoms with Crippen molar-refractivity contribution in [3.8, 4) is 5.75 Å². The molecule has 126 valence electrons. The van der Waals surface area contributed by atoms with E-state index in [4.69, 9.17) is 9.84 Å². The summed E-state index contributed by atoms with van der Waals surface area (Å²) in [5, 5.41) is 11.7. The highest BCUT2D eigenvalue weighted by Gasteiger charge is 2.07. The average Bonchev–Trinajstić information content (AvgIpc) is 2.56. The number of carbonyl (C=O) groups is 2. The van der Waals surface area contributed by atoms with Gasteiger partial charge in [0.15, 0.2) is 0 Å². The minimum atomic E-state index is -0.995. The quantitative estimate of drug-likeness (QED) is 0.731. The van der Waals surface area contributed by atoms with Crippen LogP contribution in [0.25, 0.3) is 0 Å². The summed E-state index contributed by atoms with van der Waals surface area (Å²) in [6, 6.07) is 14.2. The normalized spacial score (nSPS) is 10.2. The Morgan fingerprint density at radius 2 is 1.88 bits per heavy atom. The Kier molecular flexibility index (Phi) is 6.37. The van der Waals surface area contributed by atoms with Gasteiger partial charge in [0.05, 0.1) is 18.6 Å². The zero-order chi connectivity index (χ0) is 17.4. The number of ether oxygens (including phenoxy) is 1. The molecule has 0 saturated carbocycles. The molecule has 5 nitrogen and oxygen atoms in total. The zero-order valence-electron chi connectivity index (χ0n) is 13.6. The minimum absolute atomic E-state index is 0.132. The number of hydrogen-bond acceptors (Lipinski definition) is 3. The maximum atomic E-state index is 11.9. The first-order valence-electron chi connectivity index (χ1n) is 7.83. The van der Waals surface area contributed by atoms with Gasteiger partial charge in [-0.2, -0.15) is 0 Å². The fraction of sp³-hybridized carbons (Fsp3) is 0.263. The molecule has 2 rings (SSSR count). The third-order valence-electron chi connectivity index (χ3n) is 3.47. The van der Waals surface area contributed by atoms with Gasteiger partial charge < -0.3 is 15.2 Å². The molecule has 2 aromatic carbocycles. The second-order valence-corrected chi connectivity index (χ2v) is 5.55. The number of nitrogens with one attached hydrogen (secondary N) is 1. The first-order valence-corrected chi connectivity index (χ1v) is 7.83. The van der Waals surface area contributed by atoms with Gasteiger partial charge in [-0.1, -0.05) is 29.8 Å². The molecule has 0 aliphatic heterocycles. The summed E-state index contributed by atoms with van der Waals surface area (Å²) in [7, 11) is 0. The van der Waals surface area contributed by atoms with E-state index in [0.29, 0.717) is 25.1 Å². The molecule has 2 aromatic rings. The Labute approximate surface area is 141 Å². The molecule has 0 fully saturated rings. The molecule has 0 heterocycles. The van der Waals surface area contributed by atoms with Crippen LogP contribution in [-0.4, -0.2) is 30.1 Å². The summed E-state index contributed by atoms with van der Waals surface area (Å²) in [6.45, 7) is 3.06. The summed E-state index contributed by atoms with van der Waals surface area (Å²) < 4.78 is 5.59. The summed E-state index contributed by atoms with van der Waals surface area (Å²) in [5.41, 5.74) is 2.05. The molecule has 0 bridgehead atoms. The molecule has 0 spiro atoms. The number of aromatic carboxylic acids is 1. The van der Waals surface area contributed by atoms with E-state index in [1.165, 1.54) is 17.7 Å². The maximum Gasteiger partial charge on any atom is 0.335 e. The van der Waals surface area contributed by atoms with Gasteiger partial charge in [0.1, 0.15) is 5.75 Å². The van der Waals surface area contributed by atoms with Gasteiger partial charge in [-0.15, -0.1) is 0 Å². The van der Waals surface area contributed by atoms with Crippen molar-refractivity contribution in [2.75, 3.05) is 13.2 Å². The second-order valence-electron chi connectivity index (χ2n) is 5.55. The predicted molar refractivity (Wildman–Crippen MR) is 91.4 cm³/mol. The van der Waals surface area contributed by atoms with Crippen LogP contribution in [0, 0.1) is 6.92 Å². The monoisotopic (exact) mass is 327 g/mol. The van der Waals surface area contributed by atoms with Crippen LogP contribution in [0.5, 0.6) is 5.75 Å². The molecular formula is C19H21NO4. The molecule has 1 amide bonds. The van der Waals surface area contributed by atoms with E-state index in [1.54, 1.807) is 12.1 Å². The molecule has 0 radical (unpaired) electrons. The number of carboxylic acids is 1. The van der Waals surface area contributed by atoms with Crippen molar-refractivity contribution in [1.29, 1.82) is 0 Å². The van der Waals surface area contributed by atoms with Crippen molar-refractivity contribution in [2.45, 2.75) is 19.8 Å². The fourth-order valence-corrected chi connectivity index (χ4v) is 2.19. The lowest BCUT2D eigenvalue weighted by molar-refractivity contribution is -0.120. The second kappa shape index (κ2) is 8.72. The summed E-state index contributed by atoms with van der Waals surface area (Å²) in [5.74, 6) is -0.309. The van der Waals surface area contributed by atoms with Gasteiger partial charge in [0.2, 0.25) is 5.91 Å². The Morgan fingerprint density at radius 1 is 1.12 bits per heavy atom. The van der Waals surface area contributed by atoms with E-state index in [-0.39, 0.29) is 17.9 Å². The molecule has 5 heteroatoms. The number of hydrogen-bond donors (Lipinski definition) is 2. The van der Waals surface area contributed by atoms with Crippen LogP contribution in [0.15, 0.2) is 48.5 Å². The first-order chi connectivity index (χ1) is 11.5. The number of carboxylic acid groups (broad SMARTS) is 1. The molecule has 0 aliphatic carbocycles. The molecule has 0 atom stereocenters.